The smallest absolute Gasteiger partial charge is 0.187 e. The van der Waals surface area contributed by atoms with Gasteiger partial charge in [0.05, 0.1) is 0 Å². The van der Waals surface area contributed by atoms with Crippen LogP contribution in [0.4, 0.5) is 0 Å². The molecule has 0 radical (unpaired) electrons. The van der Waals surface area contributed by atoms with Gasteiger partial charge in [-0.25, -0.2) is 0 Å². The summed E-state index contributed by atoms with van der Waals surface area (Å²) in [5.74, 6) is 0. The molecule has 0 saturated carbocycles. The molecule has 0 aliphatic carbocycles. The lowest BCUT2D eigenvalue weighted by atomic mass is 9.85. The number of likely N-dealkylation sites (N-methyl/N-ethyl adjacent to an activating group) is 1. The maximum atomic E-state index is 10.0. The van der Waals surface area contributed by atoms with Crippen LogP contribution in [0.25, 0.3) is 0 Å². The van der Waals surface area contributed by atoms with E-state index in [2.05, 4.69) is 10.3 Å². The first-order chi connectivity index (χ1) is 6.40. The summed E-state index contributed by atoms with van der Waals surface area (Å²) in [7, 11) is 3.13. The number of aliphatic imine (C=N–C) groups is 1. The van der Waals surface area contributed by atoms with E-state index < -0.39 is 23.5 Å². The summed E-state index contributed by atoms with van der Waals surface area (Å²) >= 11 is 0. The van der Waals surface area contributed by atoms with E-state index in [4.69, 9.17) is 4.74 Å². The van der Waals surface area contributed by atoms with E-state index in [9.17, 15) is 10.2 Å². The van der Waals surface area contributed by atoms with Crippen LogP contribution in [-0.4, -0.2) is 54.1 Å². The molecule has 1 aliphatic rings. The Morgan fingerprint density at radius 1 is 1.50 bits per heavy atom. The summed E-state index contributed by atoms with van der Waals surface area (Å²) in [4.78, 5) is 3.93. The van der Waals surface area contributed by atoms with Crippen molar-refractivity contribution in [2.24, 2.45) is 4.99 Å². The maximum absolute atomic E-state index is 10.0. The van der Waals surface area contributed by atoms with E-state index in [0.29, 0.717) is 0 Å². The first-order valence-corrected chi connectivity index (χ1v) is 4.55. The minimum atomic E-state index is -1.09. The predicted octanol–water partition coefficient (Wildman–Crippen LogP) is -0.867. The van der Waals surface area contributed by atoms with E-state index in [1.807, 2.05) is 13.8 Å². The number of hydrogen-bond donors (Lipinski definition) is 3. The van der Waals surface area contributed by atoms with Gasteiger partial charge in [0.2, 0.25) is 0 Å². The fourth-order valence-corrected chi connectivity index (χ4v) is 1.38. The number of ether oxygens (including phenoxy) is 1. The normalized spacial score (nSPS) is 30.1. The number of nitrogens with zero attached hydrogens (tertiary/aromatic N) is 1. The lowest BCUT2D eigenvalue weighted by Gasteiger charge is -2.36. The highest BCUT2D eigenvalue weighted by molar-refractivity contribution is 5.86. The van der Waals surface area contributed by atoms with Gasteiger partial charge in [0.15, 0.2) is 11.8 Å². The van der Waals surface area contributed by atoms with Crippen molar-refractivity contribution in [2.75, 3.05) is 14.2 Å². The number of aliphatic hydroxyl groups is 2. The highest BCUT2D eigenvalue weighted by Crippen LogP contribution is 2.34. The van der Waals surface area contributed by atoms with Crippen molar-refractivity contribution in [3.8, 4) is 0 Å². The van der Waals surface area contributed by atoms with Gasteiger partial charge in [0.25, 0.3) is 0 Å². The Bertz CT molecular complexity index is 234. The number of rotatable bonds is 5. The molecule has 82 valence electrons. The summed E-state index contributed by atoms with van der Waals surface area (Å²) in [6.45, 7) is 3.67. The lowest BCUT2D eigenvalue weighted by Crippen LogP contribution is -2.59. The molecule has 0 bridgehead atoms. The molecule has 3 atom stereocenters. The van der Waals surface area contributed by atoms with Crippen molar-refractivity contribution in [1.82, 2.24) is 5.32 Å². The summed E-state index contributed by atoms with van der Waals surface area (Å²) in [6, 6.07) is 0. The van der Waals surface area contributed by atoms with Crippen LogP contribution < -0.4 is 5.32 Å². The molecule has 0 aromatic carbocycles. The quantitative estimate of drug-likeness (QED) is 0.507. The maximum Gasteiger partial charge on any atom is 0.187 e. The van der Waals surface area contributed by atoms with Crippen molar-refractivity contribution >= 4 is 6.21 Å². The number of hydrogen-bond acceptors (Lipinski definition) is 5. The third-order valence-corrected chi connectivity index (χ3v) is 2.81. The molecule has 0 saturated heterocycles. The Morgan fingerprint density at radius 2 is 2.00 bits per heavy atom. The largest absolute Gasteiger partial charge is 0.388 e. The molecular weight excluding hydrogens is 184 g/mol. The van der Waals surface area contributed by atoms with Crippen LogP contribution in [0.1, 0.15) is 13.8 Å². The lowest BCUT2D eigenvalue weighted by molar-refractivity contribution is -0.128. The topological polar surface area (TPSA) is 74.1 Å². The second-order valence-electron chi connectivity index (χ2n) is 4.11. The first-order valence-electron chi connectivity index (χ1n) is 4.55. The molecule has 0 aromatic rings. The van der Waals surface area contributed by atoms with E-state index >= 15 is 0 Å². The summed E-state index contributed by atoms with van der Waals surface area (Å²) < 4.78 is 4.78. The third kappa shape index (κ3) is 1.68. The van der Waals surface area contributed by atoms with Crippen LogP contribution >= 0.6 is 0 Å². The van der Waals surface area contributed by atoms with Crippen LogP contribution in [0, 0.1) is 0 Å². The predicted molar refractivity (Wildman–Crippen MR) is 53.4 cm³/mol. The van der Waals surface area contributed by atoms with Crippen molar-refractivity contribution in [1.29, 1.82) is 0 Å². The van der Waals surface area contributed by atoms with Gasteiger partial charge in [-0.05, 0) is 20.9 Å². The molecule has 0 amide bonds. The zero-order valence-electron chi connectivity index (χ0n) is 8.98. The standard InChI is InChI=1S/C9H18N2O3/c1-8(2,10-3)6(12)9(5-11-9)7(13)14-4/h5-7,10,12-13H,1-4H3. The fourth-order valence-electron chi connectivity index (χ4n) is 1.38. The van der Waals surface area contributed by atoms with Gasteiger partial charge < -0.3 is 20.3 Å². The van der Waals surface area contributed by atoms with Crippen LogP contribution in [0.2, 0.25) is 0 Å². The van der Waals surface area contributed by atoms with Crippen molar-refractivity contribution in [2.45, 2.75) is 37.3 Å². The zero-order valence-corrected chi connectivity index (χ0v) is 8.98. The van der Waals surface area contributed by atoms with Crippen LogP contribution in [-0.2, 0) is 4.74 Å². The summed E-state index contributed by atoms with van der Waals surface area (Å²) in [6.07, 6.45) is -0.398. The Morgan fingerprint density at radius 3 is 2.29 bits per heavy atom. The first kappa shape index (κ1) is 11.6. The van der Waals surface area contributed by atoms with Gasteiger partial charge in [-0.2, -0.15) is 0 Å². The highest BCUT2D eigenvalue weighted by Gasteiger charge is 2.56. The zero-order chi connectivity index (χ0) is 11.0. The Hall–Kier alpha value is -0.490. The molecule has 0 spiro atoms. The monoisotopic (exact) mass is 202 g/mol. The van der Waals surface area contributed by atoms with E-state index in [0.717, 1.165) is 0 Å². The Balaban J connectivity index is 2.74. The minimum absolute atomic E-state index is 0.532. The molecule has 14 heavy (non-hydrogen) atoms. The molecule has 3 unspecified atom stereocenters. The molecule has 1 heterocycles. The fraction of sp³-hybridized carbons (Fsp3) is 0.889. The third-order valence-electron chi connectivity index (χ3n) is 2.81. The Labute approximate surface area is 83.8 Å². The van der Waals surface area contributed by atoms with Gasteiger partial charge in [-0.1, -0.05) is 0 Å². The molecule has 0 aromatic heterocycles. The molecule has 5 heteroatoms. The van der Waals surface area contributed by atoms with Crippen LogP contribution in [0.5, 0.6) is 0 Å². The molecular formula is C9H18N2O3. The molecule has 0 fully saturated rings. The van der Waals surface area contributed by atoms with Crippen molar-refractivity contribution in [3.05, 3.63) is 0 Å². The van der Waals surface area contributed by atoms with E-state index in [1.54, 1.807) is 7.05 Å². The summed E-state index contributed by atoms with van der Waals surface area (Å²) in [5.41, 5.74) is -1.50. The highest BCUT2D eigenvalue weighted by atomic mass is 16.6. The van der Waals surface area contributed by atoms with Gasteiger partial charge in [-0.3, -0.25) is 4.99 Å². The SMILES string of the molecule is CNC(C)(C)C(O)C1(C(O)OC)C=N1. The van der Waals surface area contributed by atoms with Crippen LogP contribution in [0.3, 0.4) is 0 Å². The number of methoxy groups -OCH3 is 1. The second-order valence-corrected chi connectivity index (χ2v) is 4.11. The average molecular weight is 202 g/mol. The molecule has 5 nitrogen and oxygen atoms in total. The van der Waals surface area contributed by atoms with E-state index in [-0.39, 0.29) is 0 Å². The second kappa shape index (κ2) is 3.58. The van der Waals surface area contributed by atoms with Crippen LogP contribution in [0.15, 0.2) is 4.99 Å². The van der Waals surface area contributed by atoms with E-state index in [1.165, 1.54) is 13.3 Å². The van der Waals surface area contributed by atoms with Gasteiger partial charge >= 0.3 is 0 Å². The summed E-state index contributed by atoms with van der Waals surface area (Å²) in [5, 5.41) is 22.6. The molecule has 3 N–H and O–H groups in total. The van der Waals surface area contributed by atoms with Gasteiger partial charge in [0.1, 0.15) is 6.10 Å². The minimum Gasteiger partial charge on any atom is -0.388 e. The molecule has 1 rings (SSSR count). The average Bonchev–Trinajstić information content (AvgIpc) is 2.96. The number of aliphatic hydroxyl groups excluding tert-OH is 2. The Kier molecular flexibility index (Phi) is 2.96. The number of nitrogens with one attached hydrogen (secondary N) is 1. The molecule has 1 aliphatic heterocycles. The van der Waals surface area contributed by atoms with Crippen molar-refractivity contribution < 1.29 is 14.9 Å². The van der Waals surface area contributed by atoms with Gasteiger partial charge in [0, 0.05) is 18.9 Å². The van der Waals surface area contributed by atoms with Crippen molar-refractivity contribution in [3.63, 3.8) is 0 Å². The van der Waals surface area contributed by atoms with Gasteiger partial charge in [-0.15, -0.1) is 0 Å².